The molecule has 0 bridgehead atoms. The van der Waals surface area contributed by atoms with Crippen molar-refractivity contribution in [2.75, 3.05) is 11.9 Å². The number of rotatable bonds is 6. The van der Waals surface area contributed by atoms with Crippen LogP contribution in [-0.4, -0.2) is 23.3 Å². The lowest BCUT2D eigenvalue weighted by molar-refractivity contribution is -0.122. The molecule has 0 saturated heterocycles. The summed E-state index contributed by atoms with van der Waals surface area (Å²) in [4.78, 5) is 30.6. The van der Waals surface area contributed by atoms with Crippen LogP contribution in [0.3, 0.4) is 0 Å². The first-order valence-corrected chi connectivity index (χ1v) is 10.2. The second-order valence-corrected chi connectivity index (χ2v) is 7.85. The first-order chi connectivity index (χ1) is 13.7. The molecule has 2 amide bonds. The zero-order chi connectivity index (χ0) is 19.3. The summed E-state index contributed by atoms with van der Waals surface area (Å²) in [5.74, 6) is -0.401. The van der Waals surface area contributed by atoms with E-state index in [9.17, 15) is 9.59 Å². The second-order valence-electron chi connectivity index (χ2n) is 6.77. The highest BCUT2D eigenvalue weighted by molar-refractivity contribution is 7.16. The van der Waals surface area contributed by atoms with Gasteiger partial charge in [0.2, 0.25) is 5.91 Å². The Morgan fingerprint density at radius 2 is 1.75 bits per heavy atom. The average Bonchev–Trinajstić information content (AvgIpc) is 3.29. The smallest absolute Gasteiger partial charge is 0.257 e. The standard InChI is InChI=1S/C22H21N3O2S/c26-20(16-9-5-2-6-10-16)25-22-24-19-17(11-12-18(19)28-22)21(27)23-14-13-15-7-3-1-4-8-15/h1-10,17H,11-14H2,(H,23,27)(H,24,25,26). The summed E-state index contributed by atoms with van der Waals surface area (Å²) in [6.07, 6.45) is 2.41. The normalized spacial score (nSPS) is 15.1. The Morgan fingerprint density at radius 1 is 1.04 bits per heavy atom. The van der Waals surface area contributed by atoms with Crippen molar-refractivity contribution in [3.63, 3.8) is 0 Å². The Labute approximate surface area is 167 Å². The minimum atomic E-state index is -0.232. The third-order valence-electron chi connectivity index (χ3n) is 4.85. The number of amides is 2. The third kappa shape index (κ3) is 4.12. The van der Waals surface area contributed by atoms with Gasteiger partial charge < -0.3 is 5.32 Å². The summed E-state index contributed by atoms with van der Waals surface area (Å²) in [6, 6.07) is 19.2. The average molecular weight is 391 g/mol. The maximum Gasteiger partial charge on any atom is 0.257 e. The Bertz CT molecular complexity index is 970. The van der Waals surface area contributed by atoms with Gasteiger partial charge in [-0.3, -0.25) is 14.9 Å². The van der Waals surface area contributed by atoms with Crippen LogP contribution in [0, 0.1) is 0 Å². The molecule has 28 heavy (non-hydrogen) atoms. The fourth-order valence-electron chi connectivity index (χ4n) is 3.39. The number of nitrogens with one attached hydrogen (secondary N) is 2. The highest BCUT2D eigenvalue weighted by Gasteiger charge is 2.32. The Morgan fingerprint density at radius 3 is 2.50 bits per heavy atom. The van der Waals surface area contributed by atoms with Crippen LogP contribution in [0.25, 0.3) is 0 Å². The molecule has 1 aliphatic carbocycles. The van der Waals surface area contributed by atoms with E-state index < -0.39 is 0 Å². The van der Waals surface area contributed by atoms with E-state index in [4.69, 9.17) is 0 Å². The van der Waals surface area contributed by atoms with E-state index in [0.29, 0.717) is 17.2 Å². The van der Waals surface area contributed by atoms with E-state index in [1.165, 1.54) is 16.9 Å². The lowest BCUT2D eigenvalue weighted by Crippen LogP contribution is -2.30. The van der Waals surface area contributed by atoms with Gasteiger partial charge in [-0.15, -0.1) is 11.3 Å². The topological polar surface area (TPSA) is 71.1 Å². The number of carbonyl (C=O) groups is 2. The number of hydrogen-bond acceptors (Lipinski definition) is 4. The molecule has 1 aliphatic rings. The minimum absolute atomic E-state index is 0.0147. The van der Waals surface area contributed by atoms with Gasteiger partial charge in [0, 0.05) is 17.0 Å². The van der Waals surface area contributed by atoms with Gasteiger partial charge in [0.15, 0.2) is 5.13 Å². The highest BCUT2D eigenvalue weighted by Crippen LogP contribution is 2.38. The van der Waals surface area contributed by atoms with Gasteiger partial charge in [0.1, 0.15) is 0 Å². The SMILES string of the molecule is O=C(Nc1nc2c(s1)CCC2C(=O)NCCc1ccccc1)c1ccccc1. The number of hydrogen-bond donors (Lipinski definition) is 2. The molecule has 1 aromatic heterocycles. The number of nitrogens with zero attached hydrogens (tertiary/aromatic N) is 1. The molecule has 6 heteroatoms. The van der Waals surface area contributed by atoms with Crippen LogP contribution in [0.4, 0.5) is 5.13 Å². The van der Waals surface area contributed by atoms with Crippen LogP contribution in [0.2, 0.25) is 0 Å². The molecule has 4 rings (SSSR count). The number of benzene rings is 2. The van der Waals surface area contributed by atoms with Crippen LogP contribution in [0.15, 0.2) is 60.7 Å². The van der Waals surface area contributed by atoms with Gasteiger partial charge in [0.05, 0.1) is 11.6 Å². The molecular weight excluding hydrogens is 370 g/mol. The largest absolute Gasteiger partial charge is 0.355 e. The van der Waals surface area contributed by atoms with E-state index in [-0.39, 0.29) is 17.7 Å². The molecule has 1 unspecified atom stereocenters. The Kier molecular flexibility index (Phi) is 5.48. The van der Waals surface area contributed by atoms with Crippen LogP contribution in [0.1, 0.15) is 38.8 Å². The van der Waals surface area contributed by atoms with Crippen molar-refractivity contribution < 1.29 is 9.59 Å². The predicted octanol–water partition coefficient (Wildman–Crippen LogP) is 3.78. The van der Waals surface area contributed by atoms with Crippen LogP contribution in [-0.2, 0) is 17.6 Å². The monoisotopic (exact) mass is 391 g/mol. The maximum absolute atomic E-state index is 12.6. The van der Waals surface area contributed by atoms with E-state index in [0.717, 1.165) is 29.8 Å². The lowest BCUT2D eigenvalue weighted by atomic mass is 10.1. The summed E-state index contributed by atoms with van der Waals surface area (Å²) in [5.41, 5.74) is 2.60. The van der Waals surface area contributed by atoms with Crippen LogP contribution >= 0.6 is 11.3 Å². The summed E-state index contributed by atoms with van der Waals surface area (Å²) < 4.78 is 0. The van der Waals surface area contributed by atoms with Crippen molar-refractivity contribution in [2.45, 2.75) is 25.2 Å². The van der Waals surface area contributed by atoms with Crippen molar-refractivity contribution in [3.05, 3.63) is 82.4 Å². The summed E-state index contributed by atoms with van der Waals surface area (Å²) >= 11 is 1.46. The first kappa shape index (κ1) is 18.4. The van der Waals surface area contributed by atoms with E-state index in [1.54, 1.807) is 12.1 Å². The van der Waals surface area contributed by atoms with Gasteiger partial charge in [-0.1, -0.05) is 48.5 Å². The van der Waals surface area contributed by atoms with Crippen LogP contribution < -0.4 is 10.6 Å². The molecule has 0 spiro atoms. The van der Waals surface area contributed by atoms with Gasteiger partial charge in [-0.25, -0.2) is 4.98 Å². The predicted molar refractivity (Wildman–Crippen MR) is 111 cm³/mol. The molecule has 3 aromatic rings. The zero-order valence-electron chi connectivity index (χ0n) is 15.4. The van der Waals surface area contributed by atoms with E-state index in [1.807, 2.05) is 36.4 Å². The minimum Gasteiger partial charge on any atom is -0.355 e. The summed E-state index contributed by atoms with van der Waals surface area (Å²) in [5, 5.41) is 6.43. The fourth-order valence-corrected chi connectivity index (χ4v) is 4.43. The van der Waals surface area contributed by atoms with Gasteiger partial charge >= 0.3 is 0 Å². The highest BCUT2D eigenvalue weighted by atomic mass is 32.1. The second kappa shape index (κ2) is 8.35. The lowest BCUT2D eigenvalue weighted by Gasteiger charge is -2.10. The molecule has 0 radical (unpaired) electrons. The number of thiazole rings is 1. The molecule has 0 saturated carbocycles. The van der Waals surface area contributed by atoms with Crippen LogP contribution in [0.5, 0.6) is 0 Å². The molecule has 0 aliphatic heterocycles. The number of fused-ring (bicyclic) bond motifs is 1. The zero-order valence-corrected chi connectivity index (χ0v) is 16.2. The fraction of sp³-hybridized carbons (Fsp3) is 0.227. The third-order valence-corrected chi connectivity index (χ3v) is 5.89. The molecular formula is C22H21N3O2S. The molecule has 1 heterocycles. The number of carbonyl (C=O) groups excluding carboxylic acids is 2. The van der Waals surface area contributed by atoms with Crippen molar-refractivity contribution in [1.29, 1.82) is 0 Å². The maximum atomic E-state index is 12.6. The molecule has 2 N–H and O–H groups in total. The number of anilines is 1. The molecule has 0 fully saturated rings. The van der Waals surface area contributed by atoms with Gasteiger partial charge in [-0.2, -0.15) is 0 Å². The van der Waals surface area contributed by atoms with Crippen molar-refractivity contribution in [2.24, 2.45) is 0 Å². The summed E-state index contributed by atoms with van der Waals surface area (Å²) in [6.45, 7) is 0.608. The quantitative estimate of drug-likeness (QED) is 0.672. The molecule has 5 nitrogen and oxygen atoms in total. The molecule has 2 aromatic carbocycles. The van der Waals surface area contributed by atoms with Gasteiger partial charge in [0.25, 0.3) is 5.91 Å². The first-order valence-electron chi connectivity index (χ1n) is 9.38. The molecule has 1 atom stereocenters. The Hall–Kier alpha value is -2.99. The van der Waals surface area contributed by atoms with Crippen molar-refractivity contribution in [1.82, 2.24) is 10.3 Å². The number of aryl methyl sites for hydroxylation is 1. The van der Waals surface area contributed by atoms with Gasteiger partial charge in [-0.05, 0) is 37.0 Å². The Balaban J connectivity index is 1.36. The van der Waals surface area contributed by atoms with E-state index >= 15 is 0 Å². The number of aromatic nitrogens is 1. The molecule has 142 valence electrons. The van der Waals surface area contributed by atoms with E-state index in [2.05, 4.69) is 27.8 Å². The van der Waals surface area contributed by atoms with Crippen molar-refractivity contribution >= 4 is 28.3 Å². The summed E-state index contributed by atoms with van der Waals surface area (Å²) in [7, 11) is 0. The van der Waals surface area contributed by atoms with Crippen molar-refractivity contribution in [3.8, 4) is 0 Å².